The molecule has 0 atom stereocenters. The van der Waals surface area contributed by atoms with Crippen LogP contribution in [0.4, 0.5) is 17.1 Å². The molecule has 0 saturated carbocycles. The number of rotatable bonds is 11. The van der Waals surface area contributed by atoms with E-state index in [2.05, 4.69) is 331 Å². The van der Waals surface area contributed by atoms with E-state index in [1.165, 1.54) is 88.6 Å². The van der Waals surface area contributed by atoms with Crippen molar-refractivity contribution in [1.82, 2.24) is 14.5 Å². The zero-order chi connectivity index (χ0) is 60.5. The third-order valence-electron chi connectivity index (χ3n) is 18.0. The molecule has 1 aliphatic rings. The smallest absolute Gasteiger partial charge is 0.0973 e. The molecule has 2 aromatic heterocycles. The van der Waals surface area contributed by atoms with Crippen LogP contribution in [0.5, 0.6) is 0 Å². The number of anilines is 3. The van der Waals surface area contributed by atoms with Gasteiger partial charge in [0.1, 0.15) is 0 Å². The summed E-state index contributed by atoms with van der Waals surface area (Å²) in [5, 5.41) is 2.46. The summed E-state index contributed by atoms with van der Waals surface area (Å²) in [5.74, 6) is 0. The van der Waals surface area contributed by atoms with Gasteiger partial charge in [0.05, 0.1) is 38.9 Å². The van der Waals surface area contributed by atoms with Gasteiger partial charge in [0.15, 0.2) is 0 Å². The second-order valence-corrected chi connectivity index (χ2v) is 23.2. The van der Waals surface area contributed by atoms with E-state index in [-0.39, 0.29) is 0 Å². The van der Waals surface area contributed by atoms with Crippen LogP contribution in [0.2, 0.25) is 0 Å². The number of aromatic nitrogens is 3. The van der Waals surface area contributed by atoms with Gasteiger partial charge in [0.25, 0.3) is 0 Å². The molecular weight excluding hydrogens is 1100 g/mol. The Labute approximate surface area is 530 Å². The van der Waals surface area contributed by atoms with E-state index >= 15 is 0 Å². The predicted octanol–water partition coefficient (Wildman–Crippen LogP) is 22.6. The Bertz CT molecular complexity index is 5080. The van der Waals surface area contributed by atoms with Crippen molar-refractivity contribution < 1.29 is 0 Å². The normalized spacial score (nSPS) is 12.0. The highest BCUT2D eigenvalue weighted by Crippen LogP contribution is 2.56. The Morgan fingerprint density at radius 1 is 0.253 bits per heavy atom. The van der Waals surface area contributed by atoms with Crippen LogP contribution in [-0.2, 0) is 5.41 Å². The van der Waals surface area contributed by atoms with Gasteiger partial charge in [0, 0.05) is 44.6 Å². The maximum absolute atomic E-state index is 5.12. The summed E-state index contributed by atoms with van der Waals surface area (Å²) < 4.78 is 2.38. The highest BCUT2D eigenvalue weighted by molar-refractivity contribution is 6.12. The molecule has 4 nitrogen and oxygen atoms in total. The summed E-state index contributed by atoms with van der Waals surface area (Å²) in [4.78, 5) is 12.5. The lowest BCUT2D eigenvalue weighted by atomic mass is 9.68. The molecule has 0 aliphatic heterocycles. The maximum atomic E-state index is 5.12. The molecule has 0 bridgehead atoms. The van der Waals surface area contributed by atoms with Crippen LogP contribution in [-0.4, -0.2) is 14.5 Å². The Morgan fingerprint density at radius 3 is 1.07 bits per heavy atom. The van der Waals surface area contributed by atoms with Crippen molar-refractivity contribution in [3.8, 4) is 72.7 Å². The summed E-state index contributed by atoms with van der Waals surface area (Å²) in [7, 11) is 0. The van der Waals surface area contributed by atoms with Crippen LogP contribution < -0.4 is 4.90 Å². The number of nitrogens with zero attached hydrogens (tertiary/aromatic N) is 4. The highest BCUT2D eigenvalue weighted by Gasteiger charge is 2.45. The number of fused-ring (bicyclic) bond motifs is 7. The van der Waals surface area contributed by atoms with E-state index in [1.807, 2.05) is 42.5 Å². The average Bonchev–Trinajstić information content (AvgIpc) is 1.57. The first-order valence-electron chi connectivity index (χ1n) is 31.1. The van der Waals surface area contributed by atoms with Crippen LogP contribution >= 0.6 is 0 Å². The second-order valence-electron chi connectivity index (χ2n) is 23.2. The first kappa shape index (κ1) is 54.4. The largest absolute Gasteiger partial charge is 0.311 e. The van der Waals surface area contributed by atoms with Gasteiger partial charge in [-0.2, -0.15) is 0 Å². The summed E-state index contributed by atoms with van der Waals surface area (Å²) in [6.07, 6.45) is 0. The molecule has 0 fully saturated rings. The fraction of sp³-hybridized carbons (Fsp3) is 0.0115. The molecule has 0 radical (unpaired) electrons. The Balaban J connectivity index is 0.000000146. The van der Waals surface area contributed by atoms with Crippen molar-refractivity contribution >= 4 is 49.9 Å². The molecule has 2 heterocycles. The highest BCUT2D eigenvalue weighted by atomic mass is 15.1. The molecule has 428 valence electrons. The van der Waals surface area contributed by atoms with Crippen molar-refractivity contribution in [3.05, 3.63) is 386 Å². The molecule has 0 N–H and O–H groups in total. The Morgan fingerprint density at radius 2 is 0.582 bits per heavy atom. The molecule has 4 heteroatoms. The first-order chi connectivity index (χ1) is 45.1. The van der Waals surface area contributed by atoms with Crippen LogP contribution in [0.1, 0.15) is 22.3 Å². The molecule has 0 unspecified atom stereocenters. The number of para-hydroxylation sites is 3. The molecule has 16 aromatic rings. The fourth-order valence-electron chi connectivity index (χ4n) is 13.7. The monoisotopic (exact) mass is 1160 g/mol. The summed E-state index contributed by atoms with van der Waals surface area (Å²) in [5.41, 5.74) is 27.1. The second kappa shape index (κ2) is 23.6. The van der Waals surface area contributed by atoms with E-state index in [4.69, 9.17) is 9.97 Å². The van der Waals surface area contributed by atoms with Gasteiger partial charge in [0.2, 0.25) is 0 Å². The van der Waals surface area contributed by atoms with Gasteiger partial charge < -0.3 is 9.47 Å². The third kappa shape index (κ3) is 9.94. The van der Waals surface area contributed by atoms with E-state index in [9.17, 15) is 0 Å². The molecular formula is C87H60N4. The number of hydrogen-bond donors (Lipinski definition) is 0. The lowest BCUT2D eigenvalue weighted by Crippen LogP contribution is -2.28. The predicted molar refractivity (Wildman–Crippen MR) is 379 cm³/mol. The van der Waals surface area contributed by atoms with Crippen LogP contribution in [0, 0.1) is 0 Å². The van der Waals surface area contributed by atoms with Gasteiger partial charge in [-0.25, -0.2) is 9.97 Å². The van der Waals surface area contributed by atoms with Crippen molar-refractivity contribution in [2.24, 2.45) is 0 Å². The number of benzene rings is 14. The lowest BCUT2D eigenvalue weighted by molar-refractivity contribution is 0.768. The summed E-state index contributed by atoms with van der Waals surface area (Å²) in [6.45, 7) is 0. The van der Waals surface area contributed by atoms with Gasteiger partial charge in [-0.3, -0.25) is 0 Å². The fourth-order valence-corrected chi connectivity index (χ4v) is 13.7. The molecule has 1 aliphatic carbocycles. The number of hydrogen-bond acceptors (Lipinski definition) is 3. The van der Waals surface area contributed by atoms with Gasteiger partial charge >= 0.3 is 0 Å². The Hall–Kier alpha value is -12.0. The summed E-state index contributed by atoms with van der Waals surface area (Å²) >= 11 is 0. The molecule has 14 aromatic carbocycles. The van der Waals surface area contributed by atoms with Crippen LogP contribution in [0.3, 0.4) is 0 Å². The van der Waals surface area contributed by atoms with Crippen molar-refractivity contribution in [1.29, 1.82) is 0 Å². The minimum atomic E-state index is -0.401. The van der Waals surface area contributed by atoms with E-state index in [0.29, 0.717) is 0 Å². The van der Waals surface area contributed by atoms with Gasteiger partial charge in [-0.1, -0.05) is 279 Å². The van der Waals surface area contributed by atoms with Crippen LogP contribution in [0.15, 0.2) is 364 Å². The topological polar surface area (TPSA) is 34.0 Å². The van der Waals surface area contributed by atoms with Crippen molar-refractivity contribution in [3.63, 3.8) is 0 Å². The minimum absolute atomic E-state index is 0.401. The van der Waals surface area contributed by atoms with Gasteiger partial charge in [-0.15, -0.1) is 0 Å². The zero-order valence-electron chi connectivity index (χ0n) is 49.9. The van der Waals surface area contributed by atoms with Crippen molar-refractivity contribution in [2.45, 2.75) is 5.41 Å². The van der Waals surface area contributed by atoms with Crippen LogP contribution in [0.25, 0.3) is 106 Å². The molecule has 0 saturated heterocycles. The standard InChI is InChI=1S/C44H29N3.C43H31N/c1-4-12-30(13-5-1)34-22-26-41-37(28-34)38-29-35(31-14-6-2-7-15-31)23-27-42(38)47(41)36-24-20-33(21-25-36)44-43(32-16-8-3-9-17-32)45-39-18-10-11-19-40(39)46-44;1-4-14-32(15-5-1)33-24-28-37(29-25-33)44(36-18-8-3-9-19-36)38-30-26-35(27-31-38)43(34-16-6-2-7-17-34)41-22-12-10-20-39(41)40-21-11-13-23-42(40)43/h1-29H;1-31H. The quantitative estimate of drug-likeness (QED) is 0.129. The SMILES string of the molecule is c1ccc(-c2ccc(N(c3ccccc3)c3ccc(C4(c5ccccc5)c5ccccc5-c5ccccc54)cc3)cc2)cc1.c1ccc(-c2ccc3c(c2)c2cc(-c4ccccc4)ccc2n3-c2ccc(-c3nc4ccccc4nc3-c3ccccc3)cc2)cc1. The molecule has 0 spiro atoms. The Kier molecular flexibility index (Phi) is 14.1. The van der Waals surface area contributed by atoms with E-state index < -0.39 is 5.41 Å². The maximum Gasteiger partial charge on any atom is 0.0973 e. The zero-order valence-corrected chi connectivity index (χ0v) is 49.9. The van der Waals surface area contributed by atoms with Gasteiger partial charge in [-0.05, 0) is 152 Å². The van der Waals surface area contributed by atoms with Crippen molar-refractivity contribution in [2.75, 3.05) is 4.90 Å². The van der Waals surface area contributed by atoms with E-state index in [0.717, 1.165) is 56.3 Å². The molecule has 0 amide bonds. The lowest BCUT2D eigenvalue weighted by Gasteiger charge is -2.34. The first-order valence-corrected chi connectivity index (χ1v) is 31.1. The summed E-state index contributed by atoms with van der Waals surface area (Å²) in [6, 6.07) is 130. The molecule has 17 rings (SSSR count). The molecule has 91 heavy (non-hydrogen) atoms. The van der Waals surface area contributed by atoms with E-state index in [1.54, 1.807) is 0 Å². The third-order valence-corrected chi connectivity index (χ3v) is 18.0. The minimum Gasteiger partial charge on any atom is -0.311 e. The average molecular weight is 1160 g/mol.